The topological polar surface area (TPSA) is 69.0 Å². The lowest BCUT2D eigenvalue weighted by atomic mass is 10.2. The first kappa shape index (κ1) is 13.5. The van der Waals surface area contributed by atoms with Gasteiger partial charge in [-0.05, 0) is 0 Å². The second kappa shape index (κ2) is 6.33. The average Bonchev–Trinajstić information content (AvgIpc) is 3.02. The van der Waals surface area contributed by atoms with E-state index < -0.39 is 0 Å². The number of methoxy groups -OCH3 is 1. The quantitative estimate of drug-likeness (QED) is 0.814. The fourth-order valence-electron chi connectivity index (χ4n) is 1.58. The third-order valence-electron chi connectivity index (χ3n) is 2.57. The van der Waals surface area contributed by atoms with Crippen molar-refractivity contribution in [2.45, 2.75) is 19.4 Å². The molecule has 0 atom stereocenters. The molecule has 0 radical (unpaired) electrons. The Bertz CT molecular complexity index is 549. The van der Waals surface area contributed by atoms with Crippen molar-refractivity contribution in [1.82, 2.24) is 14.8 Å². The van der Waals surface area contributed by atoms with E-state index in [9.17, 15) is 4.79 Å². The highest BCUT2D eigenvalue weighted by atomic mass is 32.1. The number of aromatic nitrogens is 3. The van der Waals surface area contributed by atoms with E-state index in [1.807, 2.05) is 24.8 Å². The summed E-state index contributed by atoms with van der Waals surface area (Å²) in [5, 5.41) is 10.1. The summed E-state index contributed by atoms with van der Waals surface area (Å²) in [4.78, 5) is 15.4. The number of nitrogens with one attached hydrogen (secondary N) is 1. The molecule has 0 amide bonds. The van der Waals surface area contributed by atoms with Crippen LogP contribution in [0.3, 0.4) is 0 Å². The van der Waals surface area contributed by atoms with E-state index in [0.29, 0.717) is 19.4 Å². The van der Waals surface area contributed by atoms with E-state index in [1.54, 1.807) is 4.68 Å². The molecular weight excluding hydrogens is 264 g/mol. The number of hydrogen-bond acceptors (Lipinski definition) is 6. The third-order valence-corrected chi connectivity index (χ3v) is 3.42. The minimum absolute atomic E-state index is 0.210. The van der Waals surface area contributed by atoms with Gasteiger partial charge in [-0.15, -0.1) is 11.3 Å². The molecule has 6 nitrogen and oxygen atoms in total. The largest absolute Gasteiger partial charge is 0.469 e. The van der Waals surface area contributed by atoms with Gasteiger partial charge < -0.3 is 10.1 Å². The fraction of sp³-hybridized carbons (Fsp3) is 0.417. The van der Waals surface area contributed by atoms with Crippen LogP contribution in [0.4, 0.5) is 5.13 Å². The Labute approximate surface area is 115 Å². The summed E-state index contributed by atoms with van der Waals surface area (Å²) in [6.07, 6.45) is 4.75. The van der Waals surface area contributed by atoms with Gasteiger partial charge in [0.05, 0.1) is 25.4 Å². The number of carbonyl (C=O) groups is 1. The maximum atomic E-state index is 11.0. The minimum atomic E-state index is -0.210. The smallest absolute Gasteiger partial charge is 0.305 e. The highest BCUT2D eigenvalue weighted by molar-refractivity contribution is 7.13. The van der Waals surface area contributed by atoms with Gasteiger partial charge in [-0.3, -0.25) is 9.48 Å². The van der Waals surface area contributed by atoms with E-state index in [2.05, 4.69) is 20.1 Å². The van der Waals surface area contributed by atoms with E-state index in [-0.39, 0.29) is 5.97 Å². The lowest BCUT2D eigenvalue weighted by molar-refractivity contribution is -0.140. The van der Waals surface area contributed by atoms with Crippen LogP contribution in [-0.4, -0.2) is 27.8 Å². The van der Waals surface area contributed by atoms with Gasteiger partial charge in [0, 0.05) is 37.2 Å². The zero-order valence-electron chi connectivity index (χ0n) is 10.9. The number of anilines is 1. The summed E-state index contributed by atoms with van der Waals surface area (Å²) in [6.45, 7) is 0.692. The van der Waals surface area contributed by atoms with Crippen molar-refractivity contribution >= 4 is 22.4 Å². The van der Waals surface area contributed by atoms with E-state index >= 15 is 0 Å². The number of rotatable bonds is 6. The number of aryl methyl sites for hydroxylation is 2. The van der Waals surface area contributed by atoms with Gasteiger partial charge in [-0.1, -0.05) is 0 Å². The molecule has 0 aliphatic carbocycles. The molecule has 0 aromatic carbocycles. The maximum Gasteiger partial charge on any atom is 0.305 e. The number of nitrogens with zero attached hydrogens (tertiary/aromatic N) is 3. The number of hydrogen-bond donors (Lipinski definition) is 1. The molecule has 0 spiro atoms. The van der Waals surface area contributed by atoms with Gasteiger partial charge in [0.25, 0.3) is 0 Å². The molecule has 7 heteroatoms. The Morgan fingerprint density at radius 3 is 3.11 bits per heavy atom. The molecule has 19 heavy (non-hydrogen) atoms. The molecule has 0 aliphatic heterocycles. The standard InChI is InChI=1S/C12H16N4O2S/c1-16-7-9(6-14-16)5-13-12-15-10(8-19-12)3-4-11(17)18-2/h6-8H,3-5H2,1-2H3,(H,13,15). The number of ether oxygens (including phenoxy) is 1. The van der Waals surface area contributed by atoms with Crippen molar-refractivity contribution in [2.75, 3.05) is 12.4 Å². The maximum absolute atomic E-state index is 11.0. The van der Waals surface area contributed by atoms with E-state index in [4.69, 9.17) is 0 Å². The van der Waals surface area contributed by atoms with Gasteiger partial charge in [0.2, 0.25) is 0 Å². The molecule has 2 aromatic rings. The first-order valence-electron chi connectivity index (χ1n) is 5.90. The Morgan fingerprint density at radius 1 is 1.58 bits per heavy atom. The molecule has 0 saturated heterocycles. The SMILES string of the molecule is COC(=O)CCc1csc(NCc2cnn(C)c2)n1. The summed E-state index contributed by atoms with van der Waals surface area (Å²) in [6, 6.07) is 0. The molecule has 0 saturated carbocycles. The van der Waals surface area contributed by atoms with Crippen LogP contribution < -0.4 is 5.32 Å². The zero-order chi connectivity index (χ0) is 13.7. The second-order valence-corrected chi connectivity index (χ2v) is 4.95. The molecule has 2 heterocycles. The normalized spacial score (nSPS) is 10.4. The number of carbonyl (C=O) groups excluding carboxylic acids is 1. The predicted octanol–water partition coefficient (Wildman–Crippen LogP) is 1.59. The van der Waals surface area contributed by atoms with Crippen LogP contribution in [0.25, 0.3) is 0 Å². The van der Waals surface area contributed by atoms with Crippen molar-refractivity contribution in [1.29, 1.82) is 0 Å². The van der Waals surface area contributed by atoms with Crippen LogP contribution in [0, 0.1) is 0 Å². The first-order valence-corrected chi connectivity index (χ1v) is 6.78. The molecule has 2 aromatic heterocycles. The molecular formula is C12H16N4O2S. The van der Waals surface area contributed by atoms with Gasteiger partial charge in [0.1, 0.15) is 0 Å². The zero-order valence-corrected chi connectivity index (χ0v) is 11.7. The number of esters is 1. The summed E-state index contributed by atoms with van der Waals surface area (Å²) in [7, 11) is 3.28. The van der Waals surface area contributed by atoms with Gasteiger partial charge in [0.15, 0.2) is 5.13 Å². The van der Waals surface area contributed by atoms with Crippen molar-refractivity contribution in [3.63, 3.8) is 0 Å². The van der Waals surface area contributed by atoms with Crippen LogP contribution in [0.2, 0.25) is 0 Å². The Hall–Kier alpha value is -1.89. The van der Waals surface area contributed by atoms with E-state index in [0.717, 1.165) is 16.4 Å². The van der Waals surface area contributed by atoms with Crippen molar-refractivity contribution < 1.29 is 9.53 Å². The molecule has 0 bridgehead atoms. The second-order valence-electron chi connectivity index (χ2n) is 4.10. The molecule has 0 fully saturated rings. The lowest BCUT2D eigenvalue weighted by Crippen LogP contribution is -2.02. The van der Waals surface area contributed by atoms with Crippen molar-refractivity contribution in [2.24, 2.45) is 7.05 Å². The van der Waals surface area contributed by atoms with Crippen molar-refractivity contribution in [3.05, 3.63) is 29.0 Å². The first-order chi connectivity index (χ1) is 9.17. The van der Waals surface area contributed by atoms with Gasteiger partial charge in [-0.2, -0.15) is 5.10 Å². The molecule has 1 N–H and O–H groups in total. The van der Waals surface area contributed by atoms with Crippen LogP contribution in [0.15, 0.2) is 17.8 Å². The van der Waals surface area contributed by atoms with Gasteiger partial charge >= 0.3 is 5.97 Å². The fourth-order valence-corrected chi connectivity index (χ4v) is 2.32. The molecule has 0 unspecified atom stereocenters. The van der Waals surface area contributed by atoms with Crippen molar-refractivity contribution in [3.8, 4) is 0 Å². The summed E-state index contributed by atoms with van der Waals surface area (Å²) < 4.78 is 6.36. The van der Waals surface area contributed by atoms with E-state index in [1.165, 1.54) is 18.4 Å². The minimum Gasteiger partial charge on any atom is -0.469 e. The van der Waals surface area contributed by atoms with Gasteiger partial charge in [-0.25, -0.2) is 4.98 Å². The monoisotopic (exact) mass is 280 g/mol. The Kier molecular flexibility index (Phi) is 4.51. The summed E-state index contributed by atoms with van der Waals surface area (Å²) >= 11 is 1.53. The molecule has 2 rings (SSSR count). The summed E-state index contributed by atoms with van der Waals surface area (Å²) in [5.41, 5.74) is 2.01. The highest BCUT2D eigenvalue weighted by Crippen LogP contribution is 2.17. The number of thiazole rings is 1. The third kappa shape index (κ3) is 4.06. The Balaban J connectivity index is 1.82. The highest BCUT2D eigenvalue weighted by Gasteiger charge is 2.06. The molecule has 102 valence electrons. The summed E-state index contributed by atoms with van der Waals surface area (Å²) in [5.74, 6) is -0.210. The van der Waals surface area contributed by atoms with Crippen LogP contribution in [0.1, 0.15) is 17.7 Å². The van der Waals surface area contributed by atoms with Crippen LogP contribution in [0.5, 0.6) is 0 Å². The van der Waals surface area contributed by atoms with Crippen LogP contribution in [-0.2, 0) is 29.5 Å². The molecule has 0 aliphatic rings. The lowest BCUT2D eigenvalue weighted by Gasteiger charge is -1.99. The van der Waals surface area contributed by atoms with Crippen LogP contribution >= 0.6 is 11.3 Å². The Morgan fingerprint density at radius 2 is 2.42 bits per heavy atom. The predicted molar refractivity (Wildman–Crippen MR) is 73.0 cm³/mol. The average molecular weight is 280 g/mol.